The fourth-order valence-electron chi connectivity index (χ4n) is 2.94. The molecule has 0 aliphatic heterocycles. The first-order valence-electron chi connectivity index (χ1n) is 8.92. The molecule has 0 amide bonds. The normalized spacial score (nSPS) is 12.5. The zero-order valence-electron chi connectivity index (χ0n) is 15.5. The lowest BCUT2D eigenvalue weighted by atomic mass is 10.0. The van der Waals surface area contributed by atoms with Crippen LogP contribution in [0.25, 0.3) is 20.8 Å². The highest BCUT2D eigenvalue weighted by Gasteiger charge is 2.16. The molecule has 2 N–H and O–H groups in total. The van der Waals surface area contributed by atoms with Crippen LogP contribution in [0.2, 0.25) is 0 Å². The summed E-state index contributed by atoms with van der Waals surface area (Å²) in [6, 6.07) is 10.3. The van der Waals surface area contributed by atoms with E-state index in [4.69, 9.17) is 9.97 Å². The molecule has 4 nitrogen and oxygen atoms in total. The van der Waals surface area contributed by atoms with E-state index in [0.29, 0.717) is 5.92 Å². The Morgan fingerprint density at radius 3 is 2.77 bits per heavy atom. The van der Waals surface area contributed by atoms with Gasteiger partial charge in [0.15, 0.2) is 0 Å². The number of aryl methyl sites for hydroxylation is 1. The van der Waals surface area contributed by atoms with Crippen molar-refractivity contribution in [2.75, 3.05) is 24.7 Å². The molecule has 1 aromatic carbocycles. The molecular formula is C20H25N3OS2. The third kappa shape index (κ3) is 4.19. The molecule has 1 unspecified atom stereocenters. The number of benzene rings is 1. The summed E-state index contributed by atoms with van der Waals surface area (Å²) in [6.07, 6.45) is 3.96. The molecule has 0 aliphatic rings. The maximum absolute atomic E-state index is 9.41. The number of nitrogens with zero attached hydrogens (tertiary/aromatic N) is 2. The van der Waals surface area contributed by atoms with Crippen molar-refractivity contribution in [3.8, 4) is 10.6 Å². The largest absolute Gasteiger partial charge is 0.396 e. The maximum atomic E-state index is 9.41. The molecule has 3 aromatic rings. The van der Waals surface area contributed by atoms with E-state index in [2.05, 4.69) is 37.4 Å². The maximum Gasteiger partial charge on any atom is 0.137 e. The predicted molar refractivity (Wildman–Crippen MR) is 113 cm³/mol. The molecule has 0 spiro atoms. The lowest BCUT2D eigenvalue weighted by molar-refractivity contribution is 0.217. The Morgan fingerprint density at radius 2 is 2.08 bits per heavy atom. The second kappa shape index (κ2) is 8.84. The van der Waals surface area contributed by atoms with Crippen molar-refractivity contribution in [2.45, 2.75) is 31.7 Å². The molecule has 0 radical (unpaired) electrons. The van der Waals surface area contributed by atoms with Crippen LogP contribution in [0.15, 0.2) is 35.4 Å². The minimum atomic E-state index is 0.236. The summed E-state index contributed by atoms with van der Waals surface area (Å²) in [5.41, 5.74) is 3.29. The first kappa shape index (κ1) is 19.1. The van der Waals surface area contributed by atoms with Crippen molar-refractivity contribution in [1.29, 1.82) is 0 Å². The van der Waals surface area contributed by atoms with Gasteiger partial charge < -0.3 is 10.4 Å². The number of aliphatic hydroxyl groups is 1. The predicted octanol–water partition coefficient (Wildman–Crippen LogP) is 5.21. The number of aromatic nitrogens is 2. The number of pyridine rings is 1. The van der Waals surface area contributed by atoms with Gasteiger partial charge in [-0.15, -0.1) is 23.1 Å². The average Bonchev–Trinajstić information content (AvgIpc) is 3.08. The van der Waals surface area contributed by atoms with E-state index in [-0.39, 0.29) is 6.61 Å². The van der Waals surface area contributed by atoms with Crippen LogP contribution in [0, 0.1) is 12.8 Å². The van der Waals surface area contributed by atoms with Crippen molar-refractivity contribution in [3.05, 3.63) is 35.9 Å². The van der Waals surface area contributed by atoms with Crippen LogP contribution in [-0.4, -0.2) is 34.5 Å². The summed E-state index contributed by atoms with van der Waals surface area (Å²) in [6.45, 7) is 5.27. The molecule has 0 aliphatic carbocycles. The molecule has 26 heavy (non-hydrogen) atoms. The highest BCUT2D eigenvalue weighted by Crippen LogP contribution is 2.37. The van der Waals surface area contributed by atoms with Gasteiger partial charge >= 0.3 is 0 Å². The fourth-order valence-corrected chi connectivity index (χ4v) is 4.50. The van der Waals surface area contributed by atoms with Gasteiger partial charge in [-0.2, -0.15) is 0 Å². The highest BCUT2D eigenvalue weighted by molar-refractivity contribution is 7.98. The number of thiazole rings is 1. The standard InChI is InChI=1S/C20H25N3OS2/c1-4-14(12-24)9-10-21-19-18(13(2)11-17(23-19)25-3)20-22-15-7-5-6-8-16(15)26-20/h5-8,11,14,24H,4,9-10,12H2,1-3H3,(H,21,23). The van der Waals surface area contributed by atoms with Crippen LogP contribution in [0.3, 0.4) is 0 Å². The van der Waals surface area contributed by atoms with Crippen LogP contribution in [-0.2, 0) is 0 Å². The van der Waals surface area contributed by atoms with Crippen LogP contribution in [0.5, 0.6) is 0 Å². The Kier molecular flexibility index (Phi) is 6.51. The van der Waals surface area contributed by atoms with Gasteiger partial charge in [0, 0.05) is 13.2 Å². The SMILES string of the molecule is CCC(CO)CCNc1nc(SC)cc(C)c1-c1nc2ccccc2s1. The number of thioether (sulfide) groups is 1. The summed E-state index contributed by atoms with van der Waals surface area (Å²) in [4.78, 5) is 9.63. The zero-order valence-corrected chi connectivity index (χ0v) is 17.1. The lowest BCUT2D eigenvalue weighted by Gasteiger charge is -2.16. The summed E-state index contributed by atoms with van der Waals surface area (Å²) in [5, 5.41) is 14.9. The quantitative estimate of drug-likeness (QED) is 0.520. The third-order valence-corrected chi connectivity index (χ3v) is 6.27. The minimum Gasteiger partial charge on any atom is -0.396 e. The Labute approximate surface area is 163 Å². The molecule has 0 bridgehead atoms. The molecule has 2 heterocycles. The average molecular weight is 388 g/mol. The number of anilines is 1. The number of nitrogens with one attached hydrogen (secondary N) is 1. The zero-order chi connectivity index (χ0) is 18.5. The third-order valence-electron chi connectivity index (χ3n) is 4.59. The fraction of sp³-hybridized carbons (Fsp3) is 0.400. The van der Waals surface area contributed by atoms with Gasteiger partial charge in [0.05, 0.1) is 20.8 Å². The van der Waals surface area contributed by atoms with Gasteiger partial charge in [-0.1, -0.05) is 25.5 Å². The van der Waals surface area contributed by atoms with Gasteiger partial charge in [0.2, 0.25) is 0 Å². The number of hydrogen-bond acceptors (Lipinski definition) is 6. The summed E-state index contributed by atoms with van der Waals surface area (Å²) in [5.74, 6) is 1.22. The lowest BCUT2D eigenvalue weighted by Crippen LogP contribution is -2.13. The first-order valence-corrected chi connectivity index (χ1v) is 11.0. The number of hydrogen-bond donors (Lipinski definition) is 2. The minimum absolute atomic E-state index is 0.236. The Bertz CT molecular complexity index is 842. The highest BCUT2D eigenvalue weighted by atomic mass is 32.2. The summed E-state index contributed by atoms with van der Waals surface area (Å²) < 4.78 is 1.19. The monoisotopic (exact) mass is 387 g/mol. The van der Waals surface area contributed by atoms with E-state index in [1.165, 1.54) is 10.3 Å². The number of aliphatic hydroxyl groups excluding tert-OH is 1. The van der Waals surface area contributed by atoms with Crippen molar-refractivity contribution in [1.82, 2.24) is 9.97 Å². The molecule has 0 fully saturated rings. The number of para-hydroxylation sites is 1. The molecule has 6 heteroatoms. The van der Waals surface area contributed by atoms with E-state index in [1.54, 1.807) is 23.1 Å². The van der Waals surface area contributed by atoms with Crippen molar-refractivity contribution >= 4 is 39.1 Å². The van der Waals surface area contributed by atoms with Crippen LogP contribution in [0.1, 0.15) is 25.3 Å². The van der Waals surface area contributed by atoms with E-state index < -0.39 is 0 Å². The number of rotatable bonds is 8. The first-order chi connectivity index (χ1) is 12.7. The molecular weight excluding hydrogens is 362 g/mol. The molecule has 1 atom stereocenters. The molecule has 2 aromatic heterocycles. The Morgan fingerprint density at radius 1 is 1.27 bits per heavy atom. The van der Waals surface area contributed by atoms with Gasteiger partial charge in [0.25, 0.3) is 0 Å². The number of fused-ring (bicyclic) bond motifs is 1. The second-order valence-corrected chi connectivity index (χ2v) is 8.22. The van der Waals surface area contributed by atoms with Crippen LogP contribution >= 0.6 is 23.1 Å². The van der Waals surface area contributed by atoms with Gasteiger partial charge in [-0.25, -0.2) is 9.97 Å². The summed E-state index contributed by atoms with van der Waals surface area (Å²) in [7, 11) is 0. The Balaban J connectivity index is 1.95. The molecule has 0 saturated carbocycles. The molecule has 138 valence electrons. The van der Waals surface area contributed by atoms with Crippen molar-refractivity contribution < 1.29 is 5.11 Å². The van der Waals surface area contributed by atoms with Gasteiger partial charge in [-0.05, 0) is 49.3 Å². The van der Waals surface area contributed by atoms with Gasteiger partial charge in [0.1, 0.15) is 10.8 Å². The van der Waals surface area contributed by atoms with Crippen molar-refractivity contribution in [2.24, 2.45) is 5.92 Å². The molecule has 3 rings (SSSR count). The summed E-state index contributed by atoms with van der Waals surface area (Å²) >= 11 is 3.35. The van der Waals surface area contributed by atoms with Crippen LogP contribution < -0.4 is 5.32 Å². The van der Waals surface area contributed by atoms with E-state index in [9.17, 15) is 5.11 Å². The van der Waals surface area contributed by atoms with Gasteiger partial charge in [-0.3, -0.25) is 0 Å². The van der Waals surface area contributed by atoms with Crippen LogP contribution in [0.4, 0.5) is 5.82 Å². The van der Waals surface area contributed by atoms with Crippen molar-refractivity contribution in [3.63, 3.8) is 0 Å². The van der Waals surface area contributed by atoms with E-state index in [0.717, 1.165) is 46.3 Å². The van der Waals surface area contributed by atoms with E-state index >= 15 is 0 Å². The molecule has 0 saturated heterocycles. The smallest absolute Gasteiger partial charge is 0.137 e. The Hall–Kier alpha value is -1.63. The van der Waals surface area contributed by atoms with E-state index in [1.807, 2.05) is 18.4 Å². The second-order valence-electron chi connectivity index (χ2n) is 6.36. The topological polar surface area (TPSA) is 58.0 Å².